The lowest BCUT2D eigenvalue weighted by Crippen LogP contribution is -2.46. The van der Waals surface area contributed by atoms with Gasteiger partial charge in [-0.05, 0) is 36.5 Å². The molecule has 1 atom stereocenters. The predicted octanol–water partition coefficient (Wildman–Crippen LogP) is 2.55. The van der Waals surface area contributed by atoms with Gasteiger partial charge in [0.15, 0.2) is 0 Å². The molecule has 1 saturated heterocycles. The molecule has 1 N–H and O–H groups in total. The van der Waals surface area contributed by atoms with Gasteiger partial charge in [0.1, 0.15) is 5.82 Å². The molecule has 1 aliphatic heterocycles. The summed E-state index contributed by atoms with van der Waals surface area (Å²) >= 11 is 0. The molecule has 1 aliphatic carbocycles. The number of hydrogen-bond donors (Lipinski definition) is 1. The van der Waals surface area contributed by atoms with Gasteiger partial charge >= 0.3 is 0 Å². The van der Waals surface area contributed by atoms with Crippen molar-refractivity contribution in [2.24, 2.45) is 5.92 Å². The van der Waals surface area contributed by atoms with Crippen molar-refractivity contribution in [3.63, 3.8) is 0 Å². The minimum atomic E-state index is -0.267. The van der Waals surface area contributed by atoms with E-state index in [2.05, 4.69) is 24.1 Å². The van der Waals surface area contributed by atoms with Gasteiger partial charge < -0.3 is 15.1 Å². The van der Waals surface area contributed by atoms with E-state index in [1.165, 1.54) is 12.1 Å². The van der Waals surface area contributed by atoms with E-state index in [1.54, 1.807) is 12.1 Å². The average molecular weight is 375 g/mol. The van der Waals surface area contributed by atoms with Crippen molar-refractivity contribution < 1.29 is 14.0 Å². The fourth-order valence-electron chi connectivity index (χ4n) is 3.59. The van der Waals surface area contributed by atoms with Crippen LogP contribution >= 0.6 is 0 Å². The first-order valence-corrected chi connectivity index (χ1v) is 9.98. The summed E-state index contributed by atoms with van der Waals surface area (Å²) in [6.45, 7) is 6.87. The Morgan fingerprint density at radius 2 is 1.96 bits per heavy atom. The van der Waals surface area contributed by atoms with Crippen molar-refractivity contribution >= 4 is 11.8 Å². The Labute approximate surface area is 160 Å². The third kappa shape index (κ3) is 5.76. The number of carbonyl (C=O) groups excluding carboxylic acids is 2. The topological polar surface area (TPSA) is 52.7 Å². The average Bonchev–Trinajstić information content (AvgIpc) is 3.45. The largest absolute Gasteiger partial charge is 0.353 e. The summed E-state index contributed by atoms with van der Waals surface area (Å²) in [4.78, 5) is 28.9. The van der Waals surface area contributed by atoms with Crippen LogP contribution in [-0.4, -0.2) is 53.3 Å². The third-order valence-electron chi connectivity index (χ3n) is 5.44. The Hall–Kier alpha value is -1.95. The molecule has 2 aliphatic rings. The fraction of sp³-hybridized carbons (Fsp3) is 0.619. The number of halogens is 1. The zero-order valence-corrected chi connectivity index (χ0v) is 16.3. The van der Waals surface area contributed by atoms with E-state index in [0.717, 1.165) is 24.9 Å². The Bertz CT molecular complexity index is 658. The van der Waals surface area contributed by atoms with E-state index in [1.807, 2.05) is 4.90 Å². The van der Waals surface area contributed by atoms with Crippen LogP contribution in [0.2, 0.25) is 0 Å². The van der Waals surface area contributed by atoms with E-state index < -0.39 is 0 Å². The molecule has 0 bridgehead atoms. The van der Waals surface area contributed by atoms with Crippen molar-refractivity contribution in [2.45, 2.75) is 58.2 Å². The molecule has 0 spiro atoms. The SMILES string of the molecule is CC(C)[C@H]1CN(CCC(=O)NC2CC2)CCC(=O)N1Cc1ccc(F)cc1. The quantitative estimate of drug-likeness (QED) is 0.797. The molecule has 3 rings (SSSR count). The Kier molecular flexibility index (Phi) is 6.47. The Morgan fingerprint density at radius 3 is 2.59 bits per heavy atom. The molecule has 5 nitrogen and oxygen atoms in total. The second kappa shape index (κ2) is 8.83. The third-order valence-corrected chi connectivity index (χ3v) is 5.44. The molecule has 1 aromatic carbocycles. The van der Waals surface area contributed by atoms with Crippen LogP contribution in [0.5, 0.6) is 0 Å². The van der Waals surface area contributed by atoms with E-state index in [0.29, 0.717) is 44.4 Å². The van der Waals surface area contributed by atoms with Crippen LogP contribution in [0.3, 0.4) is 0 Å². The number of nitrogens with one attached hydrogen (secondary N) is 1. The lowest BCUT2D eigenvalue weighted by Gasteiger charge is -2.35. The number of hydrogen-bond acceptors (Lipinski definition) is 3. The highest BCUT2D eigenvalue weighted by Crippen LogP contribution is 2.22. The van der Waals surface area contributed by atoms with Gasteiger partial charge in [-0.25, -0.2) is 4.39 Å². The zero-order valence-electron chi connectivity index (χ0n) is 16.3. The monoisotopic (exact) mass is 375 g/mol. The molecular weight excluding hydrogens is 345 g/mol. The van der Waals surface area contributed by atoms with Gasteiger partial charge in [-0.15, -0.1) is 0 Å². The second-order valence-electron chi connectivity index (χ2n) is 8.10. The van der Waals surface area contributed by atoms with E-state index in [-0.39, 0.29) is 23.7 Å². The predicted molar refractivity (Wildman–Crippen MR) is 102 cm³/mol. The molecule has 0 radical (unpaired) electrons. The minimum Gasteiger partial charge on any atom is -0.353 e. The van der Waals surface area contributed by atoms with Crippen LogP contribution in [0.15, 0.2) is 24.3 Å². The van der Waals surface area contributed by atoms with Gasteiger partial charge in [-0.1, -0.05) is 26.0 Å². The molecule has 2 amide bonds. The van der Waals surface area contributed by atoms with Crippen molar-refractivity contribution in [3.05, 3.63) is 35.6 Å². The summed E-state index contributed by atoms with van der Waals surface area (Å²) in [6, 6.07) is 6.82. The van der Waals surface area contributed by atoms with Gasteiger partial charge in [0.25, 0.3) is 0 Å². The molecule has 2 fully saturated rings. The van der Waals surface area contributed by atoms with Crippen LogP contribution in [0.25, 0.3) is 0 Å². The standard InChI is InChI=1S/C21H30FN3O2/c1-15(2)19-14-24(11-9-20(26)23-18-7-8-18)12-10-21(27)25(19)13-16-3-5-17(22)6-4-16/h3-6,15,18-19H,7-14H2,1-2H3,(H,23,26)/t19-/m1/s1. The second-order valence-corrected chi connectivity index (χ2v) is 8.10. The zero-order chi connectivity index (χ0) is 19.4. The Balaban J connectivity index is 1.62. The first kappa shape index (κ1) is 19.8. The van der Waals surface area contributed by atoms with Gasteiger partial charge in [-0.3, -0.25) is 9.59 Å². The number of nitrogens with zero attached hydrogens (tertiary/aromatic N) is 2. The smallest absolute Gasteiger partial charge is 0.224 e. The van der Waals surface area contributed by atoms with Crippen LogP contribution < -0.4 is 5.32 Å². The van der Waals surface area contributed by atoms with Gasteiger partial charge in [0.05, 0.1) is 0 Å². The van der Waals surface area contributed by atoms with Crippen LogP contribution in [0, 0.1) is 11.7 Å². The molecule has 6 heteroatoms. The lowest BCUT2D eigenvalue weighted by atomic mass is 10.0. The number of carbonyl (C=O) groups is 2. The molecular formula is C21H30FN3O2. The number of rotatable bonds is 7. The summed E-state index contributed by atoms with van der Waals surface area (Å²) in [5.74, 6) is 0.271. The van der Waals surface area contributed by atoms with Crippen LogP contribution in [0.4, 0.5) is 4.39 Å². The summed E-state index contributed by atoms with van der Waals surface area (Å²) in [5.41, 5.74) is 0.938. The summed E-state index contributed by atoms with van der Waals surface area (Å²) in [7, 11) is 0. The van der Waals surface area contributed by atoms with Crippen LogP contribution in [-0.2, 0) is 16.1 Å². The summed E-state index contributed by atoms with van der Waals surface area (Å²) < 4.78 is 13.2. The first-order valence-electron chi connectivity index (χ1n) is 9.98. The molecule has 148 valence electrons. The summed E-state index contributed by atoms with van der Waals surface area (Å²) in [6.07, 6.45) is 3.12. The molecule has 0 unspecified atom stereocenters. The van der Waals surface area contributed by atoms with Crippen molar-refractivity contribution in [2.75, 3.05) is 19.6 Å². The van der Waals surface area contributed by atoms with Crippen LogP contribution in [0.1, 0.15) is 45.1 Å². The van der Waals surface area contributed by atoms with E-state index in [9.17, 15) is 14.0 Å². The molecule has 1 saturated carbocycles. The minimum absolute atomic E-state index is 0.0801. The first-order chi connectivity index (χ1) is 12.9. The maximum absolute atomic E-state index is 13.2. The maximum atomic E-state index is 13.2. The Morgan fingerprint density at radius 1 is 1.26 bits per heavy atom. The highest BCUT2D eigenvalue weighted by atomic mass is 19.1. The van der Waals surface area contributed by atoms with Gasteiger partial charge in [0, 0.05) is 51.1 Å². The normalized spacial score (nSPS) is 21.4. The highest BCUT2D eigenvalue weighted by molar-refractivity contribution is 5.77. The van der Waals surface area contributed by atoms with E-state index >= 15 is 0 Å². The van der Waals surface area contributed by atoms with Crippen molar-refractivity contribution in [1.82, 2.24) is 15.1 Å². The molecule has 0 aromatic heterocycles. The molecule has 1 heterocycles. The van der Waals surface area contributed by atoms with Crippen molar-refractivity contribution in [3.8, 4) is 0 Å². The van der Waals surface area contributed by atoms with E-state index in [4.69, 9.17) is 0 Å². The maximum Gasteiger partial charge on any atom is 0.224 e. The lowest BCUT2D eigenvalue weighted by molar-refractivity contribution is -0.134. The number of amides is 2. The summed E-state index contributed by atoms with van der Waals surface area (Å²) in [5, 5.41) is 3.02. The molecule has 1 aromatic rings. The molecule has 27 heavy (non-hydrogen) atoms. The highest BCUT2D eigenvalue weighted by Gasteiger charge is 2.32. The van der Waals surface area contributed by atoms with Gasteiger partial charge in [-0.2, -0.15) is 0 Å². The van der Waals surface area contributed by atoms with Crippen molar-refractivity contribution in [1.29, 1.82) is 0 Å². The number of benzene rings is 1. The van der Waals surface area contributed by atoms with Gasteiger partial charge in [0.2, 0.25) is 11.8 Å². The fourth-order valence-corrected chi connectivity index (χ4v) is 3.59.